The van der Waals surface area contributed by atoms with Crippen LogP contribution in [0.4, 0.5) is 24.5 Å². The molecule has 1 aliphatic heterocycles. The lowest BCUT2D eigenvalue weighted by Crippen LogP contribution is -2.52. The van der Waals surface area contributed by atoms with E-state index in [0.717, 1.165) is 10.6 Å². The van der Waals surface area contributed by atoms with Crippen molar-refractivity contribution < 1.29 is 27.2 Å². The van der Waals surface area contributed by atoms with Crippen LogP contribution in [0.1, 0.15) is 5.76 Å². The van der Waals surface area contributed by atoms with Gasteiger partial charge in [-0.1, -0.05) is 23.2 Å². The van der Waals surface area contributed by atoms with Gasteiger partial charge in [-0.3, -0.25) is 9.59 Å². The Labute approximate surface area is 214 Å². The third kappa shape index (κ3) is 6.41. The van der Waals surface area contributed by atoms with Gasteiger partial charge in [-0.2, -0.15) is 13.2 Å². The van der Waals surface area contributed by atoms with Gasteiger partial charge in [-0.25, -0.2) is 0 Å². The second kappa shape index (κ2) is 10.7. The van der Waals surface area contributed by atoms with Gasteiger partial charge in [0.15, 0.2) is 0 Å². The van der Waals surface area contributed by atoms with Gasteiger partial charge < -0.3 is 19.5 Å². The Morgan fingerprint density at radius 2 is 1.56 bits per heavy atom. The summed E-state index contributed by atoms with van der Waals surface area (Å²) in [6.45, 7) is 0.534. The van der Waals surface area contributed by atoms with Crippen LogP contribution in [0.2, 0.25) is 10.0 Å². The summed E-state index contributed by atoms with van der Waals surface area (Å²) in [5, 5.41) is 3.70. The van der Waals surface area contributed by atoms with Gasteiger partial charge in [0.2, 0.25) is 5.91 Å². The molecule has 2 amide bonds. The Balaban J connectivity index is 1.30. The zero-order valence-electron chi connectivity index (χ0n) is 18.7. The van der Waals surface area contributed by atoms with Crippen LogP contribution < -0.4 is 10.2 Å². The van der Waals surface area contributed by atoms with Gasteiger partial charge in [0.05, 0.1) is 0 Å². The van der Waals surface area contributed by atoms with Crippen molar-refractivity contribution >= 4 is 52.5 Å². The Kier molecular flexibility index (Phi) is 7.61. The van der Waals surface area contributed by atoms with Crippen LogP contribution in [0.3, 0.4) is 0 Å². The Morgan fingerprint density at radius 3 is 2.17 bits per heavy atom. The molecule has 2 aromatic carbocycles. The van der Waals surface area contributed by atoms with Crippen LogP contribution in [-0.4, -0.2) is 49.1 Å². The normalized spacial score (nSPS) is 14.4. The molecule has 0 saturated carbocycles. The van der Waals surface area contributed by atoms with Crippen molar-refractivity contribution in [2.75, 3.05) is 36.4 Å². The molecule has 1 saturated heterocycles. The summed E-state index contributed by atoms with van der Waals surface area (Å²) in [5.41, 5.74) is 2.05. The molecule has 2 heterocycles. The number of hydrogen-bond donors (Lipinski definition) is 1. The standard InChI is InChI=1S/C25H20Cl2F3N3O3/c26-17-13-16(14-18(27)15-17)22-7-5-21(36-22)6-8-23(34)31-19-1-3-20(4-2-19)32-9-11-33(12-10-32)24(35)25(28,29)30/h1-8,13-15H,9-12H2,(H,31,34)/b8-6+. The lowest BCUT2D eigenvalue weighted by Gasteiger charge is -2.36. The van der Waals surface area contributed by atoms with E-state index in [0.29, 0.717) is 32.8 Å². The van der Waals surface area contributed by atoms with E-state index < -0.39 is 12.1 Å². The number of amides is 2. The van der Waals surface area contributed by atoms with Crippen LogP contribution in [0.5, 0.6) is 0 Å². The first-order valence-electron chi connectivity index (χ1n) is 10.8. The number of carbonyl (C=O) groups is 2. The Bertz CT molecular complexity index is 1260. The first kappa shape index (κ1) is 25.7. The van der Waals surface area contributed by atoms with Gasteiger partial charge in [0.25, 0.3) is 0 Å². The average Bonchev–Trinajstić information content (AvgIpc) is 3.31. The minimum absolute atomic E-state index is 0.0134. The van der Waals surface area contributed by atoms with Gasteiger partial charge in [0.1, 0.15) is 11.5 Å². The first-order valence-corrected chi connectivity index (χ1v) is 11.6. The summed E-state index contributed by atoms with van der Waals surface area (Å²) in [7, 11) is 0. The summed E-state index contributed by atoms with van der Waals surface area (Å²) in [4.78, 5) is 26.4. The molecule has 0 radical (unpaired) electrons. The Morgan fingerprint density at radius 1 is 0.917 bits per heavy atom. The number of rotatable bonds is 5. The third-order valence-electron chi connectivity index (χ3n) is 5.48. The second-order valence-corrected chi connectivity index (χ2v) is 8.88. The van der Waals surface area contributed by atoms with Crippen molar-refractivity contribution in [2.24, 2.45) is 0 Å². The fraction of sp³-hybridized carbons (Fsp3) is 0.200. The number of nitrogens with one attached hydrogen (secondary N) is 1. The maximum atomic E-state index is 12.6. The van der Waals surface area contributed by atoms with Crippen LogP contribution in [0.25, 0.3) is 17.4 Å². The van der Waals surface area contributed by atoms with Crippen molar-refractivity contribution in [3.05, 3.63) is 76.5 Å². The van der Waals surface area contributed by atoms with E-state index in [2.05, 4.69) is 5.32 Å². The fourth-order valence-corrected chi connectivity index (χ4v) is 4.26. The molecule has 3 aromatic rings. The highest BCUT2D eigenvalue weighted by molar-refractivity contribution is 6.35. The number of furan rings is 1. The molecular formula is C25H20Cl2F3N3O3. The molecule has 1 fully saturated rings. The monoisotopic (exact) mass is 537 g/mol. The molecule has 36 heavy (non-hydrogen) atoms. The minimum atomic E-state index is -4.86. The van der Waals surface area contributed by atoms with Gasteiger partial charge >= 0.3 is 12.1 Å². The van der Waals surface area contributed by atoms with Crippen molar-refractivity contribution in [1.29, 1.82) is 0 Å². The van der Waals surface area contributed by atoms with Crippen molar-refractivity contribution in [3.8, 4) is 11.3 Å². The van der Waals surface area contributed by atoms with E-state index in [-0.39, 0.29) is 32.1 Å². The fourth-order valence-electron chi connectivity index (χ4n) is 3.74. The predicted octanol–water partition coefficient (Wildman–Crippen LogP) is 6.12. The molecule has 6 nitrogen and oxygen atoms in total. The average molecular weight is 538 g/mol. The third-order valence-corrected chi connectivity index (χ3v) is 5.92. The molecule has 1 aromatic heterocycles. The molecule has 188 valence electrons. The number of halogens is 5. The van der Waals surface area contributed by atoms with E-state index in [1.807, 2.05) is 4.90 Å². The van der Waals surface area contributed by atoms with E-state index in [4.69, 9.17) is 27.6 Å². The lowest BCUT2D eigenvalue weighted by molar-refractivity contribution is -0.185. The molecule has 0 unspecified atom stereocenters. The SMILES string of the molecule is O=C(/C=C/c1ccc(-c2cc(Cl)cc(Cl)c2)o1)Nc1ccc(N2CCN(C(=O)C(F)(F)F)CC2)cc1. The minimum Gasteiger partial charge on any atom is -0.457 e. The number of anilines is 2. The molecule has 11 heteroatoms. The zero-order valence-corrected chi connectivity index (χ0v) is 20.2. The highest BCUT2D eigenvalue weighted by Gasteiger charge is 2.43. The van der Waals surface area contributed by atoms with Crippen LogP contribution in [-0.2, 0) is 9.59 Å². The topological polar surface area (TPSA) is 65.8 Å². The summed E-state index contributed by atoms with van der Waals surface area (Å²) in [6.07, 6.45) is -2.00. The van der Waals surface area contributed by atoms with Crippen molar-refractivity contribution in [2.45, 2.75) is 6.18 Å². The van der Waals surface area contributed by atoms with Crippen molar-refractivity contribution in [3.63, 3.8) is 0 Å². The molecule has 4 rings (SSSR count). The first-order chi connectivity index (χ1) is 17.1. The molecule has 0 aliphatic carbocycles. The quantitative estimate of drug-likeness (QED) is 0.398. The molecule has 0 atom stereocenters. The maximum absolute atomic E-state index is 12.6. The summed E-state index contributed by atoms with van der Waals surface area (Å²) in [5.74, 6) is -1.16. The van der Waals surface area contributed by atoms with Gasteiger partial charge in [-0.05, 0) is 60.7 Å². The van der Waals surface area contributed by atoms with Crippen molar-refractivity contribution in [1.82, 2.24) is 4.90 Å². The molecule has 1 N–H and O–H groups in total. The van der Waals surface area contributed by atoms with Crippen LogP contribution in [0.15, 0.2) is 65.1 Å². The van der Waals surface area contributed by atoms with E-state index in [1.54, 1.807) is 54.6 Å². The number of carbonyl (C=O) groups excluding carboxylic acids is 2. The number of alkyl halides is 3. The molecule has 0 bridgehead atoms. The maximum Gasteiger partial charge on any atom is 0.471 e. The van der Waals surface area contributed by atoms with Gasteiger partial charge in [-0.15, -0.1) is 0 Å². The largest absolute Gasteiger partial charge is 0.471 e. The number of nitrogens with zero attached hydrogens (tertiary/aromatic N) is 2. The number of benzene rings is 2. The molecular weight excluding hydrogens is 518 g/mol. The predicted molar refractivity (Wildman–Crippen MR) is 133 cm³/mol. The van der Waals surface area contributed by atoms with Crippen LogP contribution >= 0.6 is 23.2 Å². The van der Waals surface area contributed by atoms with Gasteiger partial charge in [0, 0.05) is 59.2 Å². The molecule has 0 spiro atoms. The van der Waals surface area contributed by atoms with E-state index >= 15 is 0 Å². The lowest BCUT2D eigenvalue weighted by atomic mass is 10.2. The smallest absolute Gasteiger partial charge is 0.457 e. The Hall–Kier alpha value is -3.43. The van der Waals surface area contributed by atoms with E-state index in [9.17, 15) is 22.8 Å². The number of hydrogen-bond acceptors (Lipinski definition) is 4. The number of piperazine rings is 1. The summed E-state index contributed by atoms with van der Waals surface area (Å²) in [6, 6.07) is 15.4. The van der Waals surface area contributed by atoms with E-state index in [1.165, 1.54) is 12.2 Å². The molecule has 1 aliphatic rings. The zero-order chi connectivity index (χ0) is 25.9. The second-order valence-electron chi connectivity index (χ2n) is 8.01. The highest BCUT2D eigenvalue weighted by Crippen LogP contribution is 2.29. The summed E-state index contributed by atoms with van der Waals surface area (Å²) >= 11 is 12.1. The van der Waals surface area contributed by atoms with Crippen LogP contribution in [0, 0.1) is 0 Å². The summed E-state index contributed by atoms with van der Waals surface area (Å²) < 4.78 is 43.5. The highest BCUT2D eigenvalue weighted by atomic mass is 35.5.